The average Bonchev–Trinajstić information content (AvgIpc) is 2.53. The van der Waals surface area contributed by atoms with Crippen LogP contribution >= 0.6 is 11.3 Å². The molecule has 4 heteroatoms. The molecule has 0 bridgehead atoms. The van der Waals surface area contributed by atoms with E-state index >= 15 is 0 Å². The van der Waals surface area contributed by atoms with Crippen LogP contribution in [0.2, 0.25) is 0 Å². The predicted molar refractivity (Wildman–Crippen MR) is 46.4 cm³/mol. The van der Waals surface area contributed by atoms with Gasteiger partial charge in [0.15, 0.2) is 0 Å². The number of nitrogens with zero attached hydrogens (tertiary/aromatic N) is 2. The molecular formula is C8H7N3S. The molecule has 1 heterocycles. The fraction of sp³-hybridized carbons (Fsp3) is 0.250. The van der Waals surface area contributed by atoms with E-state index in [1.54, 1.807) is 6.07 Å². The van der Waals surface area contributed by atoms with Gasteiger partial charge in [0.05, 0.1) is 12.6 Å². The maximum absolute atomic E-state index is 8.51. The number of rotatable bonds is 3. The Morgan fingerprint density at radius 2 is 2.25 bits per heavy atom. The van der Waals surface area contributed by atoms with Gasteiger partial charge in [-0.25, -0.2) is 0 Å². The van der Waals surface area contributed by atoms with Crippen molar-refractivity contribution < 1.29 is 0 Å². The molecule has 0 aliphatic heterocycles. The summed E-state index contributed by atoms with van der Waals surface area (Å²) in [7, 11) is 0. The highest BCUT2D eigenvalue weighted by Gasteiger charge is 1.97. The lowest BCUT2D eigenvalue weighted by atomic mass is 10.4. The molecule has 0 saturated heterocycles. The van der Waals surface area contributed by atoms with Crippen molar-refractivity contribution in [2.24, 2.45) is 0 Å². The molecule has 1 aromatic rings. The zero-order valence-electron chi connectivity index (χ0n) is 6.37. The lowest BCUT2D eigenvalue weighted by Crippen LogP contribution is -2.11. The quantitative estimate of drug-likeness (QED) is 0.558. The van der Waals surface area contributed by atoms with Crippen molar-refractivity contribution in [3.8, 4) is 12.1 Å². The van der Waals surface area contributed by atoms with Crippen LogP contribution in [0.1, 0.15) is 9.75 Å². The molecular weight excluding hydrogens is 170 g/mol. The largest absolute Gasteiger partial charge is 0.300 e. The second kappa shape index (κ2) is 4.50. The molecule has 1 N–H and O–H groups in total. The van der Waals surface area contributed by atoms with Crippen LogP contribution in [0, 0.1) is 22.7 Å². The Balaban J connectivity index is 2.44. The van der Waals surface area contributed by atoms with Gasteiger partial charge in [-0.05, 0) is 12.1 Å². The normalized spacial score (nSPS) is 8.83. The summed E-state index contributed by atoms with van der Waals surface area (Å²) in [5, 5.41) is 19.7. The summed E-state index contributed by atoms with van der Waals surface area (Å²) in [6, 6.07) is 7.73. The van der Waals surface area contributed by atoms with E-state index in [9.17, 15) is 0 Å². The highest BCUT2D eigenvalue weighted by Crippen LogP contribution is 2.14. The maximum atomic E-state index is 8.51. The van der Waals surface area contributed by atoms with Gasteiger partial charge in [0.25, 0.3) is 0 Å². The molecule has 1 rings (SSSR count). The molecule has 1 aromatic heterocycles. The topological polar surface area (TPSA) is 59.6 Å². The highest BCUT2D eigenvalue weighted by atomic mass is 32.1. The van der Waals surface area contributed by atoms with Crippen molar-refractivity contribution in [2.75, 3.05) is 6.54 Å². The van der Waals surface area contributed by atoms with E-state index in [1.807, 2.05) is 12.1 Å². The van der Waals surface area contributed by atoms with Crippen LogP contribution in [0.15, 0.2) is 12.1 Å². The van der Waals surface area contributed by atoms with Crippen LogP contribution in [-0.4, -0.2) is 6.54 Å². The number of nitriles is 2. The standard InChI is InChI=1S/C8H7N3S/c9-3-4-11-6-8-2-1-7(5-10)12-8/h1-2,11H,4,6H2. The molecule has 0 atom stereocenters. The Bertz CT molecular complexity index is 329. The van der Waals surface area contributed by atoms with Gasteiger partial charge in [-0.2, -0.15) is 10.5 Å². The molecule has 3 nitrogen and oxygen atoms in total. The van der Waals surface area contributed by atoms with E-state index in [-0.39, 0.29) is 0 Å². The van der Waals surface area contributed by atoms with Crippen LogP contribution in [0.3, 0.4) is 0 Å². The van der Waals surface area contributed by atoms with Gasteiger partial charge in [-0.15, -0.1) is 11.3 Å². The van der Waals surface area contributed by atoms with Gasteiger partial charge in [-0.3, -0.25) is 5.32 Å². The van der Waals surface area contributed by atoms with E-state index in [1.165, 1.54) is 11.3 Å². The van der Waals surface area contributed by atoms with E-state index in [2.05, 4.69) is 11.4 Å². The monoisotopic (exact) mass is 177 g/mol. The molecule has 0 aromatic carbocycles. The first-order valence-corrected chi connectivity index (χ1v) is 4.25. The molecule has 0 saturated carbocycles. The molecule has 0 aliphatic carbocycles. The summed E-state index contributed by atoms with van der Waals surface area (Å²) >= 11 is 1.45. The van der Waals surface area contributed by atoms with Gasteiger partial charge in [0.2, 0.25) is 0 Å². The van der Waals surface area contributed by atoms with Crippen molar-refractivity contribution in [1.82, 2.24) is 5.32 Å². The summed E-state index contributed by atoms with van der Waals surface area (Å²) in [5.74, 6) is 0. The summed E-state index contributed by atoms with van der Waals surface area (Å²) in [4.78, 5) is 1.80. The fourth-order valence-electron chi connectivity index (χ4n) is 0.775. The van der Waals surface area contributed by atoms with Crippen molar-refractivity contribution in [1.29, 1.82) is 10.5 Å². The zero-order valence-corrected chi connectivity index (χ0v) is 7.19. The summed E-state index contributed by atoms with van der Waals surface area (Å²) in [5.41, 5.74) is 0. The Morgan fingerprint density at radius 1 is 1.42 bits per heavy atom. The number of hydrogen-bond acceptors (Lipinski definition) is 4. The SMILES string of the molecule is N#CCNCc1ccc(C#N)s1. The average molecular weight is 177 g/mol. The highest BCUT2D eigenvalue weighted by molar-refractivity contribution is 7.12. The smallest absolute Gasteiger partial charge is 0.110 e. The molecule has 0 aliphatic rings. The summed E-state index contributed by atoms with van der Waals surface area (Å²) < 4.78 is 0. The number of nitrogens with one attached hydrogen (secondary N) is 1. The van der Waals surface area contributed by atoms with Gasteiger partial charge < -0.3 is 0 Å². The number of thiophene rings is 1. The molecule has 0 spiro atoms. The zero-order chi connectivity index (χ0) is 8.81. The Morgan fingerprint density at radius 3 is 2.83 bits per heavy atom. The minimum Gasteiger partial charge on any atom is -0.300 e. The molecule has 0 radical (unpaired) electrons. The fourth-order valence-corrected chi connectivity index (χ4v) is 1.55. The van der Waals surface area contributed by atoms with Crippen LogP contribution in [0.25, 0.3) is 0 Å². The van der Waals surface area contributed by atoms with Crippen LogP contribution < -0.4 is 5.32 Å². The van der Waals surface area contributed by atoms with Gasteiger partial charge in [0, 0.05) is 11.4 Å². The Hall–Kier alpha value is -1.36. The second-order valence-electron chi connectivity index (χ2n) is 2.14. The minimum atomic E-state index is 0.347. The van der Waals surface area contributed by atoms with E-state index < -0.39 is 0 Å². The van der Waals surface area contributed by atoms with Crippen LogP contribution in [0.4, 0.5) is 0 Å². The van der Waals surface area contributed by atoms with Crippen molar-refractivity contribution in [3.05, 3.63) is 21.9 Å². The van der Waals surface area contributed by atoms with Gasteiger partial charge in [0.1, 0.15) is 10.9 Å². The lowest BCUT2D eigenvalue weighted by molar-refractivity contribution is 0.776. The molecule has 0 amide bonds. The summed E-state index contributed by atoms with van der Waals surface area (Å²) in [6.07, 6.45) is 0. The van der Waals surface area contributed by atoms with Crippen LogP contribution in [-0.2, 0) is 6.54 Å². The predicted octanol–water partition coefficient (Wildman–Crippen LogP) is 1.23. The first-order valence-electron chi connectivity index (χ1n) is 3.43. The van der Waals surface area contributed by atoms with E-state index in [0.29, 0.717) is 18.0 Å². The van der Waals surface area contributed by atoms with Gasteiger partial charge >= 0.3 is 0 Å². The first kappa shape index (κ1) is 8.73. The Labute approximate surface area is 74.9 Å². The van der Waals surface area contributed by atoms with E-state index in [4.69, 9.17) is 10.5 Å². The minimum absolute atomic E-state index is 0.347. The number of hydrogen-bond donors (Lipinski definition) is 1. The molecule has 0 fully saturated rings. The van der Waals surface area contributed by atoms with Crippen molar-refractivity contribution in [2.45, 2.75) is 6.54 Å². The molecule has 12 heavy (non-hydrogen) atoms. The third kappa shape index (κ3) is 2.35. The third-order valence-corrected chi connectivity index (χ3v) is 2.27. The molecule has 0 unspecified atom stereocenters. The lowest BCUT2D eigenvalue weighted by Gasteiger charge is -1.93. The first-order chi connectivity index (χ1) is 5.86. The Kier molecular flexibility index (Phi) is 3.28. The van der Waals surface area contributed by atoms with Crippen molar-refractivity contribution in [3.63, 3.8) is 0 Å². The summed E-state index contributed by atoms with van der Waals surface area (Å²) in [6.45, 7) is 1.01. The third-order valence-electron chi connectivity index (χ3n) is 1.28. The van der Waals surface area contributed by atoms with E-state index in [0.717, 1.165) is 4.88 Å². The second-order valence-corrected chi connectivity index (χ2v) is 3.31. The van der Waals surface area contributed by atoms with Crippen molar-refractivity contribution >= 4 is 11.3 Å². The van der Waals surface area contributed by atoms with Gasteiger partial charge in [-0.1, -0.05) is 0 Å². The van der Waals surface area contributed by atoms with Crippen LogP contribution in [0.5, 0.6) is 0 Å². The maximum Gasteiger partial charge on any atom is 0.110 e. The molecule has 60 valence electrons.